The van der Waals surface area contributed by atoms with Gasteiger partial charge in [0.25, 0.3) is 0 Å². The predicted octanol–water partition coefficient (Wildman–Crippen LogP) is 3.37. The normalized spacial score (nSPS) is 18.6. The summed E-state index contributed by atoms with van der Waals surface area (Å²) < 4.78 is 5.50. The van der Waals surface area contributed by atoms with Gasteiger partial charge in [-0.3, -0.25) is 4.90 Å². The maximum Gasteiger partial charge on any atom is 0.410 e. The van der Waals surface area contributed by atoms with E-state index in [9.17, 15) is 4.79 Å². The molecule has 6 heteroatoms. The summed E-state index contributed by atoms with van der Waals surface area (Å²) in [6, 6.07) is 2.10. The first-order valence-electron chi connectivity index (χ1n) is 7.85. The summed E-state index contributed by atoms with van der Waals surface area (Å²) in [5, 5.41) is 3.19. The van der Waals surface area contributed by atoms with E-state index in [4.69, 9.17) is 4.74 Å². The zero-order valence-electron chi connectivity index (χ0n) is 14.1. The molecule has 1 saturated heterocycles. The molecule has 22 heavy (non-hydrogen) atoms. The van der Waals surface area contributed by atoms with Gasteiger partial charge in [-0.2, -0.15) is 0 Å². The highest BCUT2D eigenvalue weighted by molar-refractivity contribution is 5.69. The summed E-state index contributed by atoms with van der Waals surface area (Å²) in [6.45, 7) is 10.4. The summed E-state index contributed by atoms with van der Waals surface area (Å²) in [4.78, 5) is 22.9. The fraction of sp³-hybridized carbons (Fsp3) is 0.688. The number of aromatic nitrogens is 2. The van der Waals surface area contributed by atoms with Gasteiger partial charge in [0, 0.05) is 18.8 Å². The van der Waals surface area contributed by atoms with E-state index in [1.54, 1.807) is 11.1 Å². The Bertz CT molecular complexity index is 525. The van der Waals surface area contributed by atoms with Crippen LogP contribution in [-0.2, 0) is 4.74 Å². The number of anilines is 1. The van der Waals surface area contributed by atoms with Gasteiger partial charge in [-0.15, -0.1) is 0 Å². The number of carbonyl (C=O) groups is 1. The Morgan fingerprint density at radius 3 is 2.82 bits per heavy atom. The van der Waals surface area contributed by atoms with Gasteiger partial charge in [-0.25, -0.2) is 14.8 Å². The smallest absolute Gasteiger partial charge is 0.410 e. The average molecular weight is 306 g/mol. The Kier molecular flexibility index (Phi) is 4.88. The van der Waals surface area contributed by atoms with Crippen molar-refractivity contribution in [3.63, 3.8) is 0 Å². The van der Waals surface area contributed by atoms with Crippen molar-refractivity contribution in [3.05, 3.63) is 18.0 Å². The molecule has 2 heterocycles. The van der Waals surface area contributed by atoms with Gasteiger partial charge in [0.1, 0.15) is 5.60 Å². The molecule has 1 aliphatic heterocycles. The summed E-state index contributed by atoms with van der Waals surface area (Å²) in [7, 11) is 0. The van der Waals surface area contributed by atoms with Crippen LogP contribution in [0.4, 0.5) is 10.7 Å². The van der Waals surface area contributed by atoms with Crippen LogP contribution < -0.4 is 5.32 Å². The van der Waals surface area contributed by atoms with Crippen molar-refractivity contribution in [2.24, 2.45) is 0 Å². The van der Waals surface area contributed by atoms with Crippen molar-refractivity contribution in [2.45, 2.75) is 65.1 Å². The molecule has 122 valence electrons. The van der Waals surface area contributed by atoms with E-state index in [2.05, 4.69) is 15.3 Å². The molecule has 0 saturated carbocycles. The van der Waals surface area contributed by atoms with Gasteiger partial charge in [-0.1, -0.05) is 0 Å². The molecule has 0 spiro atoms. The summed E-state index contributed by atoms with van der Waals surface area (Å²) in [5.41, 5.74) is 0.377. The lowest BCUT2D eigenvalue weighted by molar-refractivity contribution is 0.0221. The number of rotatable bonds is 3. The summed E-state index contributed by atoms with van der Waals surface area (Å²) in [5.74, 6) is 0.600. The maximum atomic E-state index is 12.4. The van der Waals surface area contributed by atoms with Gasteiger partial charge in [0.2, 0.25) is 5.95 Å². The standard InChI is InChI=1S/C16H26N4O2/c1-11(2)18-14-17-9-8-12(19-14)13-7-6-10-20(13)15(21)22-16(3,4)5/h8-9,11,13H,6-7,10H2,1-5H3,(H,17,18,19). The number of likely N-dealkylation sites (tertiary alicyclic amines) is 1. The van der Waals surface area contributed by atoms with Gasteiger partial charge in [0.15, 0.2) is 0 Å². The predicted molar refractivity (Wildman–Crippen MR) is 85.7 cm³/mol. The number of carbonyl (C=O) groups excluding carboxylic acids is 1. The molecule has 1 atom stereocenters. The van der Waals surface area contributed by atoms with E-state index in [0.29, 0.717) is 12.5 Å². The zero-order chi connectivity index (χ0) is 16.3. The average Bonchev–Trinajstić information content (AvgIpc) is 2.85. The summed E-state index contributed by atoms with van der Waals surface area (Å²) in [6.07, 6.45) is 3.32. The Balaban J connectivity index is 2.15. The molecule has 6 nitrogen and oxygen atoms in total. The van der Waals surface area contributed by atoms with Crippen LogP contribution in [0.15, 0.2) is 12.3 Å². The number of nitrogens with zero attached hydrogens (tertiary/aromatic N) is 3. The molecule has 1 aromatic rings. The SMILES string of the molecule is CC(C)Nc1nccc(C2CCCN2C(=O)OC(C)(C)C)n1. The summed E-state index contributed by atoms with van der Waals surface area (Å²) >= 11 is 0. The second-order valence-corrected chi connectivity index (χ2v) is 6.94. The lowest BCUT2D eigenvalue weighted by Gasteiger charge is -2.28. The van der Waals surface area contributed by atoms with Crippen molar-refractivity contribution in [1.29, 1.82) is 0 Å². The minimum absolute atomic E-state index is 0.0365. The minimum Gasteiger partial charge on any atom is -0.444 e. The van der Waals surface area contributed by atoms with Crippen LogP contribution in [-0.4, -0.2) is 39.1 Å². The Morgan fingerprint density at radius 2 is 2.18 bits per heavy atom. The molecule has 0 bridgehead atoms. The van der Waals surface area contributed by atoms with Gasteiger partial charge in [-0.05, 0) is 53.5 Å². The van der Waals surface area contributed by atoms with Crippen molar-refractivity contribution >= 4 is 12.0 Å². The van der Waals surface area contributed by atoms with Crippen LogP contribution in [0.3, 0.4) is 0 Å². The lowest BCUT2D eigenvalue weighted by Crippen LogP contribution is -2.36. The quantitative estimate of drug-likeness (QED) is 0.927. The van der Waals surface area contributed by atoms with E-state index in [-0.39, 0.29) is 18.2 Å². The number of hydrogen-bond acceptors (Lipinski definition) is 5. The minimum atomic E-state index is -0.486. The van der Waals surface area contributed by atoms with Crippen LogP contribution >= 0.6 is 0 Å². The van der Waals surface area contributed by atoms with Crippen LogP contribution in [0.2, 0.25) is 0 Å². The van der Waals surface area contributed by atoms with Crippen molar-refractivity contribution in [1.82, 2.24) is 14.9 Å². The molecule has 0 radical (unpaired) electrons. The number of ether oxygens (including phenoxy) is 1. The van der Waals surface area contributed by atoms with Gasteiger partial charge in [0.05, 0.1) is 11.7 Å². The first kappa shape index (κ1) is 16.5. The van der Waals surface area contributed by atoms with Crippen LogP contribution in [0.5, 0.6) is 0 Å². The first-order valence-corrected chi connectivity index (χ1v) is 7.85. The van der Waals surface area contributed by atoms with Crippen LogP contribution in [0.1, 0.15) is 59.2 Å². The Morgan fingerprint density at radius 1 is 1.45 bits per heavy atom. The third-order valence-electron chi connectivity index (χ3n) is 3.32. The van der Waals surface area contributed by atoms with Crippen molar-refractivity contribution in [3.8, 4) is 0 Å². The monoisotopic (exact) mass is 306 g/mol. The van der Waals surface area contributed by atoms with E-state index in [1.165, 1.54) is 0 Å². The lowest BCUT2D eigenvalue weighted by atomic mass is 10.1. The zero-order valence-corrected chi connectivity index (χ0v) is 14.1. The molecule has 2 rings (SSSR count). The highest BCUT2D eigenvalue weighted by atomic mass is 16.6. The van der Waals surface area contributed by atoms with Gasteiger partial charge >= 0.3 is 6.09 Å². The molecule has 1 N–H and O–H groups in total. The molecule has 1 aliphatic rings. The third-order valence-corrected chi connectivity index (χ3v) is 3.32. The fourth-order valence-corrected chi connectivity index (χ4v) is 2.50. The Hall–Kier alpha value is -1.85. The first-order chi connectivity index (χ1) is 10.3. The molecule has 0 aliphatic carbocycles. The third kappa shape index (κ3) is 4.32. The molecular weight excluding hydrogens is 280 g/mol. The molecule has 1 unspecified atom stereocenters. The highest BCUT2D eigenvalue weighted by Crippen LogP contribution is 2.32. The van der Waals surface area contributed by atoms with E-state index < -0.39 is 5.60 Å². The van der Waals surface area contributed by atoms with Crippen molar-refractivity contribution < 1.29 is 9.53 Å². The highest BCUT2D eigenvalue weighted by Gasteiger charge is 2.34. The fourth-order valence-electron chi connectivity index (χ4n) is 2.50. The van der Waals surface area contributed by atoms with E-state index in [1.807, 2.05) is 40.7 Å². The number of hydrogen-bond donors (Lipinski definition) is 1. The van der Waals surface area contributed by atoms with Crippen LogP contribution in [0.25, 0.3) is 0 Å². The number of nitrogens with one attached hydrogen (secondary N) is 1. The molecule has 1 aromatic heterocycles. The second kappa shape index (κ2) is 6.50. The maximum absolute atomic E-state index is 12.4. The number of amides is 1. The molecule has 1 fully saturated rings. The largest absolute Gasteiger partial charge is 0.444 e. The molecular formula is C16H26N4O2. The van der Waals surface area contributed by atoms with Crippen LogP contribution in [0, 0.1) is 0 Å². The topological polar surface area (TPSA) is 67.4 Å². The van der Waals surface area contributed by atoms with E-state index in [0.717, 1.165) is 18.5 Å². The Labute approximate surface area is 132 Å². The second-order valence-electron chi connectivity index (χ2n) is 6.94. The van der Waals surface area contributed by atoms with Crippen molar-refractivity contribution in [2.75, 3.05) is 11.9 Å². The molecule has 0 aromatic carbocycles. The molecule has 1 amide bonds. The van der Waals surface area contributed by atoms with Gasteiger partial charge < -0.3 is 10.1 Å². The van der Waals surface area contributed by atoms with E-state index >= 15 is 0 Å².